The average molecular weight is 297 g/mol. The molecular formula is C18H20NOP. The molecule has 0 spiro atoms. The van der Waals surface area contributed by atoms with Gasteiger partial charge < -0.3 is 4.57 Å². The van der Waals surface area contributed by atoms with Gasteiger partial charge >= 0.3 is 0 Å². The molecular weight excluding hydrogens is 277 g/mol. The molecule has 0 heterocycles. The second-order valence-corrected chi connectivity index (χ2v) is 9.09. The monoisotopic (exact) mass is 297 g/mol. The van der Waals surface area contributed by atoms with Gasteiger partial charge in [0, 0.05) is 10.6 Å². The Balaban J connectivity index is 2.73. The van der Waals surface area contributed by atoms with Gasteiger partial charge in [-0.2, -0.15) is 5.26 Å². The summed E-state index contributed by atoms with van der Waals surface area (Å²) in [6.45, 7) is 5.91. The van der Waals surface area contributed by atoms with Gasteiger partial charge in [-0.15, -0.1) is 0 Å². The molecule has 0 bridgehead atoms. The van der Waals surface area contributed by atoms with E-state index in [2.05, 4.69) is 6.07 Å². The lowest BCUT2D eigenvalue weighted by molar-refractivity contribution is 0.422. The van der Waals surface area contributed by atoms with Crippen LogP contribution in [-0.4, -0.2) is 5.66 Å². The highest BCUT2D eigenvalue weighted by Gasteiger charge is 2.43. The van der Waals surface area contributed by atoms with E-state index in [1.807, 2.05) is 81.4 Å². The topological polar surface area (TPSA) is 40.9 Å². The van der Waals surface area contributed by atoms with Crippen molar-refractivity contribution in [3.05, 3.63) is 60.7 Å². The number of rotatable bonds is 3. The van der Waals surface area contributed by atoms with Gasteiger partial charge in [-0.25, -0.2) is 0 Å². The van der Waals surface area contributed by atoms with E-state index < -0.39 is 12.8 Å². The van der Waals surface area contributed by atoms with E-state index in [0.717, 1.165) is 10.6 Å². The normalized spacial score (nSPS) is 13.4. The Morgan fingerprint density at radius 3 is 1.57 bits per heavy atom. The summed E-state index contributed by atoms with van der Waals surface area (Å²) >= 11 is 0. The fraction of sp³-hybridized carbons (Fsp3) is 0.278. The van der Waals surface area contributed by atoms with E-state index in [1.165, 1.54) is 0 Å². The molecule has 0 saturated carbocycles. The van der Waals surface area contributed by atoms with E-state index in [0.29, 0.717) is 0 Å². The van der Waals surface area contributed by atoms with Crippen molar-refractivity contribution in [1.29, 1.82) is 5.26 Å². The molecule has 0 aliphatic heterocycles. The summed E-state index contributed by atoms with van der Waals surface area (Å²) in [7, 11) is -3.02. The quantitative estimate of drug-likeness (QED) is 0.805. The Bertz CT molecular complexity index is 637. The lowest BCUT2D eigenvalue weighted by atomic mass is 9.92. The van der Waals surface area contributed by atoms with Crippen LogP contribution in [0.2, 0.25) is 0 Å². The molecule has 0 aliphatic carbocycles. The van der Waals surface area contributed by atoms with Gasteiger partial charge in [0.2, 0.25) is 0 Å². The number of hydrogen-bond donors (Lipinski definition) is 0. The zero-order chi connectivity index (χ0) is 15.5. The van der Waals surface area contributed by atoms with E-state index in [-0.39, 0.29) is 5.41 Å². The zero-order valence-corrected chi connectivity index (χ0v) is 13.5. The third-order valence-electron chi connectivity index (χ3n) is 3.59. The Hall–Kier alpha value is -1.84. The summed E-state index contributed by atoms with van der Waals surface area (Å²) in [4.78, 5) is 0. The lowest BCUT2D eigenvalue weighted by Gasteiger charge is -2.33. The molecule has 0 aromatic heterocycles. The average Bonchev–Trinajstić information content (AvgIpc) is 2.48. The molecule has 3 heteroatoms. The number of nitriles is 1. The molecule has 1 atom stereocenters. The van der Waals surface area contributed by atoms with Crippen molar-refractivity contribution in [3.8, 4) is 6.07 Å². The molecule has 0 amide bonds. The van der Waals surface area contributed by atoms with E-state index in [1.54, 1.807) is 0 Å². The first kappa shape index (κ1) is 15.5. The highest BCUT2D eigenvalue weighted by atomic mass is 31.2. The van der Waals surface area contributed by atoms with E-state index in [9.17, 15) is 9.83 Å². The summed E-state index contributed by atoms with van der Waals surface area (Å²) < 4.78 is 14.0. The maximum absolute atomic E-state index is 14.0. The van der Waals surface area contributed by atoms with Crippen LogP contribution in [0.1, 0.15) is 20.8 Å². The van der Waals surface area contributed by atoms with Crippen molar-refractivity contribution in [2.75, 3.05) is 0 Å². The van der Waals surface area contributed by atoms with Crippen LogP contribution in [0.4, 0.5) is 0 Å². The van der Waals surface area contributed by atoms with Crippen LogP contribution in [0.15, 0.2) is 60.7 Å². The zero-order valence-electron chi connectivity index (χ0n) is 12.7. The molecule has 0 aliphatic rings. The lowest BCUT2D eigenvalue weighted by Crippen LogP contribution is -2.33. The van der Waals surface area contributed by atoms with Crippen LogP contribution >= 0.6 is 7.14 Å². The molecule has 0 N–H and O–H groups in total. The smallest absolute Gasteiger partial charge is 0.160 e. The maximum atomic E-state index is 14.0. The maximum Gasteiger partial charge on any atom is 0.160 e. The second-order valence-electron chi connectivity index (χ2n) is 6.23. The van der Waals surface area contributed by atoms with Crippen LogP contribution in [0.3, 0.4) is 0 Å². The highest BCUT2D eigenvalue weighted by molar-refractivity contribution is 7.79. The second kappa shape index (κ2) is 5.88. The van der Waals surface area contributed by atoms with Gasteiger partial charge in [-0.05, 0) is 5.41 Å². The molecule has 1 unspecified atom stereocenters. The molecule has 21 heavy (non-hydrogen) atoms. The van der Waals surface area contributed by atoms with Gasteiger partial charge in [0.1, 0.15) is 5.66 Å². The Labute approximate surface area is 126 Å². The van der Waals surface area contributed by atoms with Crippen LogP contribution in [-0.2, 0) is 4.57 Å². The van der Waals surface area contributed by atoms with Crippen molar-refractivity contribution in [2.45, 2.75) is 26.4 Å². The van der Waals surface area contributed by atoms with Gasteiger partial charge in [0.25, 0.3) is 0 Å². The Kier molecular flexibility index (Phi) is 4.35. The van der Waals surface area contributed by atoms with Gasteiger partial charge in [0.15, 0.2) is 7.14 Å². The molecule has 108 valence electrons. The molecule has 0 fully saturated rings. The van der Waals surface area contributed by atoms with Crippen molar-refractivity contribution in [1.82, 2.24) is 0 Å². The molecule has 2 rings (SSSR count). The number of hydrogen-bond acceptors (Lipinski definition) is 2. The van der Waals surface area contributed by atoms with Crippen molar-refractivity contribution < 1.29 is 4.57 Å². The van der Waals surface area contributed by atoms with Crippen molar-refractivity contribution >= 4 is 17.8 Å². The van der Waals surface area contributed by atoms with E-state index >= 15 is 0 Å². The summed E-state index contributed by atoms with van der Waals surface area (Å²) in [6.07, 6.45) is 0. The third-order valence-corrected chi connectivity index (χ3v) is 7.33. The standard InChI is InChI=1S/C18H20NOP/c1-18(2,3)17(14-19)21(20,15-10-6-4-7-11-15)16-12-8-5-9-13-16/h4-13,17H,1-3H3. The summed E-state index contributed by atoms with van der Waals surface area (Å²) in [5.41, 5.74) is -0.925. The molecule has 2 nitrogen and oxygen atoms in total. The van der Waals surface area contributed by atoms with Crippen LogP contribution in [0, 0.1) is 16.7 Å². The molecule has 0 radical (unpaired) electrons. The molecule has 2 aromatic carbocycles. The van der Waals surface area contributed by atoms with Gasteiger partial charge in [-0.1, -0.05) is 81.4 Å². The first-order chi connectivity index (χ1) is 9.90. The Morgan fingerprint density at radius 1 is 0.905 bits per heavy atom. The Morgan fingerprint density at radius 2 is 1.29 bits per heavy atom. The van der Waals surface area contributed by atoms with Crippen molar-refractivity contribution in [2.24, 2.45) is 5.41 Å². The van der Waals surface area contributed by atoms with Crippen LogP contribution in [0.25, 0.3) is 0 Å². The van der Waals surface area contributed by atoms with E-state index in [4.69, 9.17) is 0 Å². The highest BCUT2D eigenvalue weighted by Crippen LogP contribution is 2.54. The first-order valence-electron chi connectivity index (χ1n) is 7.01. The molecule has 2 aromatic rings. The van der Waals surface area contributed by atoms with Gasteiger partial charge in [-0.3, -0.25) is 0 Å². The minimum absolute atomic E-state index is 0.365. The van der Waals surface area contributed by atoms with Crippen LogP contribution < -0.4 is 10.6 Å². The van der Waals surface area contributed by atoms with Crippen molar-refractivity contribution in [3.63, 3.8) is 0 Å². The SMILES string of the molecule is CC(C)(C)C(C#N)P(=O)(c1ccccc1)c1ccccc1. The minimum atomic E-state index is -3.02. The predicted octanol–water partition coefficient (Wildman–Crippen LogP) is 3.94. The van der Waals surface area contributed by atoms with Crippen LogP contribution in [0.5, 0.6) is 0 Å². The third kappa shape index (κ3) is 2.94. The van der Waals surface area contributed by atoms with Gasteiger partial charge in [0.05, 0.1) is 6.07 Å². The minimum Gasteiger partial charge on any atom is -0.312 e. The number of nitrogens with zero attached hydrogens (tertiary/aromatic N) is 1. The largest absolute Gasteiger partial charge is 0.312 e. The molecule has 0 saturated heterocycles. The predicted molar refractivity (Wildman–Crippen MR) is 88.6 cm³/mol. The summed E-state index contributed by atoms with van der Waals surface area (Å²) in [5, 5.41) is 11.2. The number of benzene rings is 2. The fourth-order valence-corrected chi connectivity index (χ4v) is 5.94. The summed E-state index contributed by atoms with van der Waals surface area (Å²) in [5.74, 6) is 0. The summed E-state index contributed by atoms with van der Waals surface area (Å²) in [6, 6.07) is 21.1. The fourth-order valence-electron chi connectivity index (χ4n) is 2.57. The first-order valence-corrected chi connectivity index (χ1v) is 8.79.